The van der Waals surface area contributed by atoms with Gasteiger partial charge in [-0.15, -0.1) is 0 Å². The van der Waals surface area contributed by atoms with Crippen molar-refractivity contribution < 1.29 is 28.0 Å². The predicted octanol–water partition coefficient (Wildman–Crippen LogP) is 6.06. The van der Waals surface area contributed by atoms with Crippen LogP contribution in [0, 0.1) is 24.5 Å². The molecular formula is C54H60F2N10O5. The number of amides is 4. The standard InChI is InChI=1S/C54H60F2N10O5/c1-32-25-36(26-40(55)49(32)35-12-19-62(20-13-35)33(2)46-28-38-43(9-16-58-50(38)60(46)4)65-31-41(56)42(57-3)29-48(65)68)52(70)64-17-10-34(11-18-64)30-61-21-23-63(24-22-61)37-5-6-44-39(27-37)54(14-15-54)53(71)66(44)45-7-8-47(67)59-51(45)69/h5-6,9,12,16,25-29,31,33-34,45,57H,7-8,10-11,13-15,17-24,30H2,1-4H3,(H,59,67,69)/t33-,45-/m0/s1. The van der Waals surface area contributed by atoms with Gasteiger partial charge in [0.2, 0.25) is 17.7 Å². The van der Waals surface area contributed by atoms with Crippen LogP contribution in [0.1, 0.15) is 90.7 Å². The van der Waals surface area contributed by atoms with Crippen LogP contribution in [0.2, 0.25) is 0 Å². The Bertz CT molecular complexity index is 3080. The zero-order valence-electron chi connectivity index (χ0n) is 40.8. The van der Waals surface area contributed by atoms with Crippen LogP contribution in [0.3, 0.4) is 0 Å². The first-order valence-corrected chi connectivity index (χ1v) is 25.1. The van der Waals surface area contributed by atoms with Gasteiger partial charge < -0.3 is 19.7 Å². The molecule has 4 fully saturated rings. The summed E-state index contributed by atoms with van der Waals surface area (Å²) < 4.78 is 34.2. The molecule has 2 N–H and O–H groups in total. The van der Waals surface area contributed by atoms with Crippen LogP contribution >= 0.6 is 0 Å². The first kappa shape index (κ1) is 46.7. The Morgan fingerprint density at radius 1 is 0.901 bits per heavy atom. The molecule has 4 amide bonds. The van der Waals surface area contributed by atoms with Crippen LogP contribution in [-0.2, 0) is 26.8 Å². The van der Waals surface area contributed by atoms with Crippen molar-refractivity contribution in [3.8, 4) is 5.69 Å². The van der Waals surface area contributed by atoms with Gasteiger partial charge in [-0.3, -0.25) is 48.6 Å². The van der Waals surface area contributed by atoms with Gasteiger partial charge in [-0.05, 0) is 117 Å². The van der Waals surface area contributed by atoms with Crippen molar-refractivity contribution in [3.63, 3.8) is 0 Å². The minimum Gasteiger partial charge on any atom is -0.386 e. The molecule has 6 aliphatic rings. The minimum absolute atomic E-state index is 0.0193. The number of aryl methyl sites for hydroxylation is 2. The fourth-order valence-corrected chi connectivity index (χ4v) is 12.1. The molecule has 0 bridgehead atoms. The summed E-state index contributed by atoms with van der Waals surface area (Å²) in [6, 6.07) is 13.7. The molecule has 0 radical (unpaired) electrons. The number of aromatic nitrogens is 3. The monoisotopic (exact) mass is 966 g/mol. The molecule has 17 heteroatoms. The Hall–Kier alpha value is -6.72. The van der Waals surface area contributed by atoms with Crippen LogP contribution in [0.15, 0.2) is 71.8 Å². The second-order valence-corrected chi connectivity index (χ2v) is 20.4. The molecular weight excluding hydrogens is 907 g/mol. The van der Waals surface area contributed by atoms with Crippen LogP contribution < -0.4 is 26.0 Å². The number of carbonyl (C=O) groups is 4. The van der Waals surface area contributed by atoms with Gasteiger partial charge in [-0.1, -0.05) is 6.08 Å². The number of anilines is 3. The summed E-state index contributed by atoms with van der Waals surface area (Å²) in [6.45, 7) is 11.0. The van der Waals surface area contributed by atoms with Gasteiger partial charge in [0.05, 0.1) is 23.0 Å². The second kappa shape index (κ2) is 18.2. The largest absolute Gasteiger partial charge is 0.386 e. The fourth-order valence-electron chi connectivity index (χ4n) is 12.1. The Balaban J connectivity index is 0.680. The molecule has 11 rings (SSSR count). The number of nitrogens with one attached hydrogen (secondary N) is 2. The summed E-state index contributed by atoms with van der Waals surface area (Å²) in [6.07, 6.45) is 9.41. The first-order chi connectivity index (χ1) is 34.2. The Morgan fingerprint density at radius 3 is 2.37 bits per heavy atom. The van der Waals surface area contributed by atoms with Gasteiger partial charge in [0.1, 0.15) is 17.5 Å². The van der Waals surface area contributed by atoms with E-state index in [0.29, 0.717) is 67.4 Å². The van der Waals surface area contributed by atoms with Crippen molar-refractivity contribution in [2.75, 3.05) is 81.1 Å². The van der Waals surface area contributed by atoms with E-state index in [0.717, 1.165) is 97.6 Å². The number of piperidine rings is 2. The van der Waals surface area contributed by atoms with Crippen molar-refractivity contribution in [1.82, 2.24) is 34.1 Å². The van der Waals surface area contributed by atoms with E-state index in [1.807, 2.05) is 41.6 Å². The molecule has 1 saturated carbocycles. The lowest BCUT2D eigenvalue weighted by Gasteiger charge is -2.40. The van der Waals surface area contributed by atoms with Gasteiger partial charge in [0, 0.05) is 131 Å². The Labute approximate surface area is 411 Å². The normalized spacial score (nSPS) is 21.2. The highest BCUT2D eigenvalue weighted by Crippen LogP contribution is 2.59. The molecule has 1 spiro atoms. The molecule has 0 unspecified atom stereocenters. The van der Waals surface area contributed by atoms with E-state index in [9.17, 15) is 28.4 Å². The molecule has 71 heavy (non-hydrogen) atoms. The van der Waals surface area contributed by atoms with Crippen molar-refractivity contribution in [2.45, 2.75) is 76.3 Å². The first-order valence-electron chi connectivity index (χ1n) is 25.1. The molecule has 370 valence electrons. The number of likely N-dealkylation sites (tertiary alicyclic amines) is 1. The summed E-state index contributed by atoms with van der Waals surface area (Å²) >= 11 is 0. The zero-order chi connectivity index (χ0) is 49.5. The second-order valence-electron chi connectivity index (χ2n) is 20.4. The molecule has 2 atom stereocenters. The molecule has 2 aromatic carbocycles. The van der Waals surface area contributed by atoms with Crippen molar-refractivity contribution in [2.24, 2.45) is 13.0 Å². The number of nitrogens with zero attached hydrogens (tertiary/aromatic N) is 8. The number of fused-ring (bicyclic) bond motifs is 3. The maximum atomic E-state index is 16.1. The number of carbonyl (C=O) groups excluding carboxylic acids is 4. The maximum absolute atomic E-state index is 16.1. The van der Waals surface area contributed by atoms with Crippen LogP contribution in [0.25, 0.3) is 22.3 Å². The summed E-state index contributed by atoms with van der Waals surface area (Å²) in [5.41, 5.74) is 6.91. The van der Waals surface area contributed by atoms with E-state index >= 15 is 4.39 Å². The summed E-state index contributed by atoms with van der Waals surface area (Å²) in [5, 5.41) is 5.87. The fraction of sp³-hybridized carbons (Fsp3) is 0.444. The Kier molecular flexibility index (Phi) is 11.9. The third-order valence-corrected chi connectivity index (χ3v) is 16.4. The van der Waals surface area contributed by atoms with Gasteiger partial charge in [-0.2, -0.15) is 0 Å². The third-order valence-electron chi connectivity index (χ3n) is 16.4. The summed E-state index contributed by atoms with van der Waals surface area (Å²) in [7, 11) is 3.51. The average Bonchev–Trinajstić information content (AvgIpc) is 4.06. The number of halogens is 2. The zero-order valence-corrected chi connectivity index (χ0v) is 40.8. The van der Waals surface area contributed by atoms with Gasteiger partial charge in [0.15, 0.2) is 5.82 Å². The van der Waals surface area contributed by atoms with Crippen molar-refractivity contribution >= 4 is 57.3 Å². The lowest BCUT2D eigenvalue weighted by atomic mass is 9.92. The summed E-state index contributed by atoms with van der Waals surface area (Å²) in [5.74, 6) is -1.30. The molecule has 5 aliphatic heterocycles. The number of benzene rings is 2. The van der Waals surface area contributed by atoms with Crippen molar-refractivity contribution in [3.05, 3.63) is 117 Å². The lowest BCUT2D eigenvalue weighted by Crippen LogP contribution is -2.54. The number of hydrogen-bond acceptors (Lipinski definition) is 10. The van der Waals surface area contributed by atoms with Crippen LogP contribution in [-0.4, -0.2) is 124 Å². The molecule has 5 aromatic rings. The quantitative estimate of drug-likeness (QED) is 0.158. The van der Waals surface area contributed by atoms with Gasteiger partial charge >= 0.3 is 0 Å². The summed E-state index contributed by atoms with van der Waals surface area (Å²) in [4.78, 5) is 80.5. The third kappa shape index (κ3) is 8.20. The van der Waals surface area contributed by atoms with Crippen LogP contribution in [0.4, 0.5) is 25.8 Å². The highest BCUT2D eigenvalue weighted by Gasteiger charge is 2.61. The number of rotatable bonds is 10. The van der Waals surface area contributed by atoms with E-state index in [4.69, 9.17) is 0 Å². The molecule has 1 aliphatic carbocycles. The molecule has 3 aromatic heterocycles. The van der Waals surface area contributed by atoms with E-state index < -0.39 is 23.2 Å². The predicted molar refractivity (Wildman–Crippen MR) is 268 cm³/mol. The highest BCUT2D eigenvalue weighted by molar-refractivity contribution is 6.15. The number of hydrogen-bond donors (Lipinski definition) is 2. The average molecular weight is 967 g/mol. The van der Waals surface area contributed by atoms with Crippen molar-refractivity contribution in [1.29, 1.82) is 0 Å². The topological polar surface area (TPSA) is 148 Å². The van der Waals surface area contributed by atoms with E-state index in [1.54, 1.807) is 24.2 Å². The Morgan fingerprint density at radius 2 is 1.68 bits per heavy atom. The van der Waals surface area contributed by atoms with Gasteiger partial charge in [0.25, 0.3) is 11.5 Å². The minimum atomic E-state index is -0.659. The molecule has 8 heterocycles. The van der Waals surface area contributed by atoms with E-state index in [1.165, 1.54) is 22.9 Å². The van der Waals surface area contributed by atoms with E-state index in [2.05, 4.69) is 55.4 Å². The molecule has 15 nitrogen and oxygen atoms in total. The van der Waals surface area contributed by atoms with E-state index in [-0.39, 0.29) is 47.2 Å². The van der Waals surface area contributed by atoms with Gasteiger partial charge in [-0.25, -0.2) is 13.8 Å². The number of pyridine rings is 2. The SMILES string of the molecule is CNc1cc(=O)n(-c2ccnc3c2cc([C@H](C)N2CC=C(c4c(C)cc(C(=O)N5CCC(CN6CCN(c7ccc8c(c7)C7(CC7)C(=O)N8[C@H]7CCC(=O)NC7=O)CC6)CC5)cc4F)CC2)n3C)cc1F. The number of imide groups is 1. The number of piperazine rings is 1. The smallest absolute Gasteiger partial charge is 0.257 e. The molecule has 3 saturated heterocycles. The van der Waals surface area contributed by atoms with Crippen LogP contribution in [0.5, 0.6) is 0 Å². The maximum Gasteiger partial charge on any atom is 0.257 e. The lowest BCUT2D eigenvalue weighted by molar-refractivity contribution is -0.135. The highest BCUT2D eigenvalue weighted by atomic mass is 19.1.